The first kappa shape index (κ1) is 14.2. The third-order valence-electron chi connectivity index (χ3n) is 3.13. The first-order chi connectivity index (χ1) is 9.56. The van der Waals surface area contributed by atoms with Gasteiger partial charge in [-0.15, -0.1) is 5.10 Å². The van der Waals surface area contributed by atoms with Crippen LogP contribution in [-0.2, 0) is 6.54 Å². The van der Waals surface area contributed by atoms with E-state index in [0.717, 1.165) is 0 Å². The lowest BCUT2D eigenvalue weighted by atomic mass is 10.1. The van der Waals surface area contributed by atoms with Crippen LogP contribution in [0.15, 0.2) is 30.5 Å². The van der Waals surface area contributed by atoms with Gasteiger partial charge in [0.15, 0.2) is 5.69 Å². The van der Waals surface area contributed by atoms with E-state index >= 15 is 0 Å². The number of carboxylic acid groups (broad SMARTS) is 1. The molecule has 1 heterocycles. The number of aromatic nitrogens is 3. The summed E-state index contributed by atoms with van der Waals surface area (Å²) in [5.74, 6) is -1.06. The van der Waals surface area contributed by atoms with Crippen molar-refractivity contribution in [3.8, 4) is 0 Å². The number of carbonyl (C=O) groups is 1. The Morgan fingerprint density at radius 3 is 2.70 bits per heavy atom. The molecule has 0 amide bonds. The van der Waals surface area contributed by atoms with Crippen molar-refractivity contribution in [2.75, 3.05) is 6.54 Å². The summed E-state index contributed by atoms with van der Waals surface area (Å²) in [5, 5.41) is 19.5. The molecule has 2 rings (SSSR count). The van der Waals surface area contributed by atoms with E-state index in [9.17, 15) is 4.79 Å². The van der Waals surface area contributed by atoms with Gasteiger partial charge in [-0.25, -0.2) is 4.79 Å². The van der Waals surface area contributed by atoms with E-state index < -0.39 is 5.97 Å². The Balaban J connectivity index is 1.82. The van der Waals surface area contributed by atoms with E-state index in [2.05, 4.69) is 53.7 Å². The molecule has 0 fully saturated rings. The predicted molar refractivity (Wildman–Crippen MR) is 74.6 cm³/mol. The molecule has 0 radical (unpaired) electrons. The van der Waals surface area contributed by atoms with Crippen molar-refractivity contribution >= 4 is 5.97 Å². The van der Waals surface area contributed by atoms with Gasteiger partial charge in [0.05, 0.1) is 12.7 Å². The second kappa shape index (κ2) is 6.29. The maximum absolute atomic E-state index is 10.7. The van der Waals surface area contributed by atoms with E-state index in [1.807, 2.05) is 0 Å². The average molecular weight is 274 g/mol. The fraction of sp³-hybridized carbons (Fsp3) is 0.357. The Bertz CT molecular complexity index is 577. The zero-order chi connectivity index (χ0) is 14.5. The summed E-state index contributed by atoms with van der Waals surface area (Å²) in [6, 6.07) is 8.61. The minimum absolute atomic E-state index is 0.0309. The smallest absolute Gasteiger partial charge is 0.358 e. The van der Waals surface area contributed by atoms with Crippen LogP contribution >= 0.6 is 0 Å². The Morgan fingerprint density at radius 2 is 2.10 bits per heavy atom. The highest BCUT2D eigenvalue weighted by Gasteiger charge is 2.08. The fourth-order valence-corrected chi connectivity index (χ4v) is 1.87. The van der Waals surface area contributed by atoms with Gasteiger partial charge in [-0.2, -0.15) is 0 Å². The molecule has 0 aliphatic rings. The standard InChI is InChI=1S/C14H18N4O2/c1-10-3-5-12(6-4-10)11(2)15-7-8-18-9-13(14(19)20)16-17-18/h3-6,9,11,15H,7-8H2,1-2H3,(H,19,20)/t11-/m0/s1. The monoisotopic (exact) mass is 274 g/mol. The normalized spacial score (nSPS) is 12.3. The molecule has 1 aromatic heterocycles. The van der Waals surface area contributed by atoms with Crippen LogP contribution in [-0.4, -0.2) is 32.6 Å². The van der Waals surface area contributed by atoms with Crippen molar-refractivity contribution in [3.05, 3.63) is 47.3 Å². The minimum atomic E-state index is -1.06. The van der Waals surface area contributed by atoms with E-state index in [1.54, 1.807) is 0 Å². The van der Waals surface area contributed by atoms with Gasteiger partial charge in [0, 0.05) is 12.6 Å². The highest BCUT2D eigenvalue weighted by molar-refractivity contribution is 5.84. The summed E-state index contributed by atoms with van der Waals surface area (Å²) in [7, 11) is 0. The van der Waals surface area contributed by atoms with Crippen LogP contribution in [0.3, 0.4) is 0 Å². The molecule has 0 aliphatic heterocycles. The molecule has 0 bridgehead atoms. The lowest BCUT2D eigenvalue weighted by molar-refractivity contribution is 0.0690. The van der Waals surface area contributed by atoms with Crippen LogP contribution in [0.2, 0.25) is 0 Å². The SMILES string of the molecule is Cc1ccc([C@H](C)NCCn2cc(C(=O)O)nn2)cc1. The van der Waals surface area contributed by atoms with Gasteiger partial charge in [0.25, 0.3) is 0 Å². The first-order valence-corrected chi connectivity index (χ1v) is 6.49. The Kier molecular flexibility index (Phi) is 4.47. The second-order valence-corrected chi connectivity index (χ2v) is 4.76. The van der Waals surface area contributed by atoms with Crippen molar-refractivity contribution in [3.63, 3.8) is 0 Å². The second-order valence-electron chi connectivity index (χ2n) is 4.76. The lowest BCUT2D eigenvalue weighted by Crippen LogP contribution is -2.23. The maximum Gasteiger partial charge on any atom is 0.358 e. The maximum atomic E-state index is 10.7. The van der Waals surface area contributed by atoms with Crippen LogP contribution in [0.1, 0.15) is 34.6 Å². The molecule has 0 spiro atoms. The van der Waals surface area contributed by atoms with E-state index in [0.29, 0.717) is 13.1 Å². The predicted octanol–water partition coefficient (Wildman–Crippen LogP) is 1.64. The van der Waals surface area contributed by atoms with Gasteiger partial charge in [0.1, 0.15) is 0 Å². The molecular formula is C14H18N4O2. The number of carboxylic acids is 1. The van der Waals surface area contributed by atoms with Crippen LogP contribution in [0.4, 0.5) is 0 Å². The largest absolute Gasteiger partial charge is 0.476 e. The molecule has 6 heteroatoms. The molecule has 0 saturated carbocycles. The van der Waals surface area contributed by atoms with Gasteiger partial charge in [-0.05, 0) is 19.4 Å². The van der Waals surface area contributed by atoms with Crippen molar-refractivity contribution in [1.29, 1.82) is 0 Å². The topological polar surface area (TPSA) is 80.0 Å². The van der Waals surface area contributed by atoms with E-state index in [1.165, 1.54) is 22.0 Å². The number of nitrogens with zero attached hydrogens (tertiary/aromatic N) is 3. The molecule has 2 aromatic rings. The summed E-state index contributed by atoms with van der Waals surface area (Å²) in [5.41, 5.74) is 2.43. The Morgan fingerprint density at radius 1 is 1.40 bits per heavy atom. The molecule has 1 aromatic carbocycles. The number of aromatic carboxylic acids is 1. The number of rotatable bonds is 6. The summed E-state index contributed by atoms with van der Waals surface area (Å²) in [6.45, 7) is 5.43. The molecule has 0 unspecified atom stereocenters. The quantitative estimate of drug-likeness (QED) is 0.837. The van der Waals surface area contributed by atoms with Crippen molar-refractivity contribution in [1.82, 2.24) is 20.3 Å². The number of aryl methyl sites for hydroxylation is 1. The van der Waals surface area contributed by atoms with Crippen LogP contribution in [0, 0.1) is 6.92 Å². The number of hydrogen-bond donors (Lipinski definition) is 2. The fourth-order valence-electron chi connectivity index (χ4n) is 1.87. The Labute approximate surface area is 117 Å². The molecule has 2 N–H and O–H groups in total. The molecule has 6 nitrogen and oxygen atoms in total. The third kappa shape index (κ3) is 3.64. The number of hydrogen-bond acceptors (Lipinski definition) is 4. The molecule has 0 saturated heterocycles. The van der Waals surface area contributed by atoms with Crippen molar-refractivity contribution < 1.29 is 9.90 Å². The molecule has 20 heavy (non-hydrogen) atoms. The highest BCUT2D eigenvalue weighted by Crippen LogP contribution is 2.12. The van der Waals surface area contributed by atoms with Crippen LogP contribution < -0.4 is 5.32 Å². The molecule has 0 aliphatic carbocycles. The molecule has 1 atom stereocenters. The van der Waals surface area contributed by atoms with E-state index in [4.69, 9.17) is 5.11 Å². The molecule has 106 valence electrons. The summed E-state index contributed by atoms with van der Waals surface area (Å²) >= 11 is 0. The highest BCUT2D eigenvalue weighted by atomic mass is 16.4. The molecular weight excluding hydrogens is 256 g/mol. The van der Waals surface area contributed by atoms with Crippen molar-refractivity contribution in [2.45, 2.75) is 26.4 Å². The van der Waals surface area contributed by atoms with Gasteiger partial charge in [0.2, 0.25) is 0 Å². The average Bonchev–Trinajstić information content (AvgIpc) is 2.88. The van der Waals surface area contributed by atoms with Gasteiger partial charge >= 0.3 is 5.97 Å². The van der Waals surface area contributed by atoms with Gasteiger partial charge in [-0.3, -0.25) is 4.68 Å². The first-order valence-electron chi connectivity index (χ1n) is 6.49. The zero-order valence-electron chi connectivity index (χ0n) is 11.6. The summed E-state index contributed by atoms with van der Waals surface area (Å²) in [4.78, 5) is 10.7. The van der Waals surface area contributed by atoms with Crippen LogP contribution in [0.5, 0.6) is 0 Å². The zero-order valence-corrected chi connectivity index (χ0v) is 11.6. The van der Waals surface area contributed by atoms with E-state index in [-0.39, 0.29) is 11.7 Å². The third-order valence-corrected chi connectivity index (χ3v) is 3.13. The van der Waals surface area contributed by atoms with Crippen LogP contribution in [0.25, 0.3) is 0 Å². The summed E-state index contributed by atoms with van der Waals surface area (Å²) < 4.78 is 1.53. The van der Waals surface area contributed by atoms with Gasteiger partial charge in [-0.1, -0.05) is 35.0 Å². The van der Waals surface area contributed by atoms with Crippen molar-refractivity contribution in [2.24, 2.45) is 0 Å². The van der Waals surface area contributed by atoms with Gasteiger partial charge < -0.3 is 10.4 Å². The minimum Gasteiger partial charge on any atom is -0.476 e. The summed E-state index contributed by atoms with van der Waals surface area (Å²) in [6.07, 6.45) is 1.43. The number of nitrogens with one attached hydrogen (secondary N) is 1. The number of benzene rings is 1. The Hall–Kier alpha value is -2.21. The lowest BCUT2D eigenvalue weighted by Gasteiger charge is -2.14.